The van der Waals surface area contributed by atoms with Crippen molar-refractivity contribution in [2.45, 2.75) is 17.2 Å². The number of sulfonamides is 1. The Morgan fingerprint density at radius 1 is 1.22 bits per heavy atom. The van der Waals surface area contributed by atoms with Gasteiger partial charge in [0.2, 0.25) is 0 Å². The molecule has 120 valence electrons. The van der Waals surface area contributed by atoms with Crippen LogP contribution in [-0.2, 0) is 10.0 Å². The van der Waals surface area contributed by atoms with Crippen LogP contribution in [0.3, 0.4) is 0 Å². The topological polar surface area (TPSA) is 64.0 Å². The molecule has 0 radical (unpaired) electrons. The van der Waals surface area contributed by atoms with Crippen LogP contribution < -0.4 is 4.72 Å². The molecule has 3 aromatic rings. The van der Waals surface area contributed by atoms with E-state index in [-0.39, 0.29) is 6.04 Å². The predicted octanol–water partition coefficient (Wildman–Crippen LogP) is 3.74. The predicted molar refractivity (Wildman–Crippen MR) is 94.3 cm³/mol. The Balaban J connectivity index is 1.77. The molecule has 8 heteroatoms. The first-order valence-corrected chi connectivity index (χ1v) is 9.91. The number of hydrogen-bond acceptors (Lipinski definition) is 4. The number of hydrogen-bond donors (Lipinski definition) is 1. The highest BCUT2D eigenvalue weighted by atomic mass is 79.9. The fourth-order valence-electron chi connectivity index (χ4n) is 2.15. The van der Waals surface area contributed by atoms with Gasteiger partial charge in [0.15, 0.2) is 0 Å². The van der Waals surface area contributed by atoms with E-state index in [4.69, 9.17) is 0 Å². The summed E-state index contributed by atoms with van der Waals surface area (Å²) in [5.74, 6) is 0. The number of nitrogens with zero attached hydrogens (tertiary/aromatic N) is 2. The third-order valence-corrected chi connectivity index (χ3v) is 7.00. The van der Waals surface area contributed by atoms with E-state index in [1.54, 1.807) is 24.7 Å². The summed E-state index contributed by atoms with van der Waals surface area (Å²) in [5, 5.41) is 0. The first kappa shape index (κ1) is 16.4. The van der Waals surface area contributed by atoms with Gasteiger partial charge in [-0.15, -0.1) is 11.3 Å². The van der Waals surface area contributed by atoms with Gasteiger partial charge in [0.25, 0.3) is 10.0 Å². The van der Waals surface area contributed by atoms with E-state index in [1.807, 2.05) is 42.0 Å². The van der Waals surface area contributed by atoms with Crippen LogP contribution in [0, 0.1) is 0 Å². The number of benzene rings is 1. The molecule has 0 saturated heterocycles. The second-order valence-corrected chi connectivity index (χ2v) is 9.37. The van der Waals surface area contributed by atoms with Crippen LogP contribution in [0.4, 0.5) is 0 Å². The van der Waals surface area contributed by atoms with Crippen molar-refractivity contribution in [1.29, 1.82) is 0 Å². The molecule has 0 amide bonds. The molecule has 0 fully saturated rings. The Morgan fingerprint density at radius 2 is 1.96 bits per heavy atom. The summed E-state index contributed by atoms with van der Waals surface area (Å²) < 4.78 is 30.4. The number of imidazole rings is 1. The second-order valence-electron chi connectivity index (χ2n) is 4.96. The van der Waals surface area contributed by atoms with Crippen molar-refractivity contribution >= 4 is 37.3 Å². The molecule has 1 atom stereocenters. The minimum Gasteiger partial charge on any atom is -0.306 e. The van der Waals surface area contributed by atoms with E-state index in [2.05, 4.69) is 25.6 Å². The van der Waals surface area contributed by atoms with Crippen molar-refractivity contribution in [3.8, 4) is 5.69 Å². The van der Waals surface area contributed by atoms with Crippen molar-refractivity contribution in [3.05, 3.63) is 64.5 Å². The van der Waals surface area contributed by atoms with E-state index in [0.717, 1.165) is 15.0 Å². The summed E-state index contributed by atoms with van der Waals surface area (Å²) in [6.07, 6.45) is 5.29. The largest absolute Gasteiger partial charge is 0.306 e. The van der Waals surface area contributed by atoms with Gasteiger partial charge >= 0.3 is 0 Å². The summed E-state index contributed by atoms with van der Waals surface area (Å²) >= 11 is 4.47. The molecule has 23 heavy (non-hydrogen) atoms. The molecule has 1 unspecified atom stereocenters. The first-order chi connectivity index (χ1) is 11.0. The summed E-state index contributed by atoms with van der Waals surface area (Å²) in [7, 11) is -3.52. The third kappa shape index (κ3) is 3.72. The van der Waals surface area contributed by atoms with Crippen molar-refractivity contribution in [2.24, 2.45) is 0 Å². The molecule has 0 saturated carbocycles. The van der Waals surface area contributed by atoms with Crippen LogP contribution in [0.15, 0.2) is 63.1 Å². The van der Waals surface area contributed by atoms with E-state index in [9.17, 15) is 8.42 Å². The van der Waals surface area contributed by atoms with Crippen LogP contribution in [0.25, 0.3) is 5.69 Å². The van der Waals surface area contributed by atoms with Crippen molar-refractivity contribution in [1.82, 2.24) is 14.3 Å². The Morgan fingerprint density at radius 3 is 2.52 bits per heavy atom. The van der Waals surface area contributed by atoms with Crippen molar-refractivity contribution < 1.29 is 8.42 Å². The number of nitrogens with one attached hydrogen (secondary N) is 1. The van der Waals surface area contributed by atoms with Gasteiger partial charge in [0.1, 0.15) is 4.21 Å². The van der Waals surface area contributed by atoms with Crippen LogP contribution in [-0.4, -0.2) is 18.0 Å². The van der Waals surface area contributed by atoms with E-state index in [0.29, 0.717) is 4.21 Å². The second kappa shape index (κ2) is 6.56. The van der Waals surface area contributed by atoms with E-state index in [1.165, 1.54) is 11.3 Å². The molecule has 1 N–H and O–H groups in total. The normalized spacial score (nSPS) is 13.1. The molecule has 0 aliphatic heterocycles. The fraction of sp³-hybridized carbons (Fsp3) is 0.133. The zero-order valence-corrected chi connectivity index (χ0v) is 15.4. The van der Waals surface area contributed by atoms with Crippen LogP contribution in [0.5, 0.6) is 0 Å². The highest BCUT2D eigenvalue weighted by Crippen LogP contribution is 2.27. The maximum atomic E-state index is 12.3. The molecule has 1 aromatic carbocycles. The third-order valence-electron chi connectivity index (χ3n) is 3.34. The van der Waals surface area contributed by atoms with E-state index >= 15 is 0 Å². The summed E-state index contributed by atoms with van der Waals surface area (Å²) in [5.41, 5.74) is 1.87. The molecule has 0 aliphatic rings. The highest BCUT2D eigenvalue weighted by molar-refractivity contribution is 9.11. The lowest BCUT2D eigenvalue weighted by Crippen LogP contribution is -2.26. The molecule has 0 spiro atoms. The molecule has 5 nitrogen and oxygen atoms in total. The SMILES string of the molecule is CC(NS(=O)(=O)c1ccc(Br)s1)c1ccc(-n2ccnc2)cc1. The van der Waals surface area contributed by atoms with Gasteiger partial charge in [-0.1, -0.05) is 12.1 Å². The minimum absolute atomic E-state index is 0.297. The minimum atomic E-state index is -3.52. The Bertz CT molecular complexity index is 887. The van der Waals surface area contributed by atoms with Gasteiger partial charge in [-0.05, 0) is 52.7 Å². The number of aromatic nitrogens is 2. The lowest BCUT2D eigenvalue weighted by atomic mass is 10.1. The first-order valence-electron chi connectivity index (χ1n) is 6.82. The summed E-state index contributed by atoms with van der Waals surface area (Å²) in [4.78, 5) is 4.01. The zero-order chi connectivity index (χ0) is 16.4. The maximum absolute atomic E-state index is 12.3. The number of rotatable bonds is 5. The highest BCUT2D eigenvalue weighted by Gasteiger charge is 2.20. The molecular weight excluding hydrogens is 398 g/mol. The van der Waals surface area contributed by atoms with Gasteiger partial charge in [0.05, 0.1) is 10.1 Å². The summed E-state index contributed by atoms with van der Waals surface area (Å²) in [6.45, 7) is 1.83. The smallest absolute Gasteiger partial charge is 0.250 e. The quantitative estimate of drug-likeness (QED) is 0.695. The maximum Gasteiger partial charge on any atom is 0.250 e. The molecule has 2 aromatic heterocycles. The molecular formula is C15H14BrN3O2S2. The lowest BCUT2D eigenvalue weighted by Gasteiger charge is -2.14. The average molecular weight is 412 g/mol. The van der Waals surface area contributed by atoms with Gasteiger partial charge < -0.3 is 4.57 Å². The van der Waals surface area contributed by atoms with Crippen molar-refractivity contribution in [3.63, 3.8) is 0 Å². The number of thiophene rings is 1. The number of halogens is 1. The lowest BCUT2D eigenvalue weighted by molar-refractivity contribution is 0.569. The van der Waals surface area contributed by atoms with Crippen LogP contribution in [0.1, 0.15) is 18.5 Å². The van der Waals surface area contributed by atoms with Crippen LogP contribution in [0.2, 0.25) is 0 Å². The molecule has 3 rings (SSSR count). The van der Waals surface area contributed by atoms with Crippen LogP contribution >= 0.6 is 27.3 Å². The molecule has 0 aliphatic carbocycles. The molecule has 0 bridgehead atoms. The van der Waals surface area contributed by atoms with E-state index < -0.39 is 10.0 Å². The van der Waals surface area contributed by atoms with Gasteiger partial charge in [-0.25, -0.2) is 18.1 Å². The monoisotopic (exact) mass is 411 g/mol. The Labute approximate surface area is 147 Å². The standard InChI is InChI=1S/C15H14BrN3O2S2/c1-11(18-23(20,21)15-7-6-14(16)22-15)12-2-4-13(5-3-12)19-9-8-17-10-19/h2-11,18H,1H3. The fourth-order valence-corrected chi connectivity index (χ4v) is 5.41. The zero-order valence-electron chi connectivity index (χ0n) is 12.2. The van der Waals surface area contributed by atoms with Gasteiger partial charge in [-0.2, -0.15) is 0 Å². The Hall–Kier alpha value is -1.48. The van der Waals surface area contributed by atoms with Crippen molar-refractivity contribution in [2.75, 3.05) is 0 Å². The van der Waals surface area contributed by atoms with Gasteiger partial charge in [0, 0.05) is 24.1 Å². The average Bonchev–Trinajstić information content (AvgIpc) is 3.18. The Kier molecular flexibility index (Phi) is 4.67. The molecule has 2 heterocycles. The van der Waals surface area contributed by atoms with Gasteiger partial charge in [-0.3, -0.25) is 0 Å². The summed E-state index contributed by atoms with van der Waals surface area (Å²) in [6, 6.07) is 10.7.